The van der Waals surface area contributed by atoms with Crippen molar-refractivity contribution in [2.24, 2.45) is 4.99 Å². The Morgan fingerprint density at radius 1 is 0.342 bits per heavy atom. The molecule has 0 radical (unpaired) electrons. The quantitative estimate of drug-likeness (QED) is 0.0464. The highest BCUT2D eigenvalue weighted by Gasteiger charge is 2.57. The zero-order valence-corrected chi connectivity index (χ0v) is 45.8. The molecular formula is C47H63NO30S. The predicted molar refractivity (Wildman–Crippen MR) is 251 cm³/mol. The molecule has 3 aliphatic heterocycles. The van der Waals surface area contributed by atoms with Gasteiger partial charge in [0.25, 0.3) is 0 Å². The number of isothiocyanates is 1. The molecule has 0 aromatic carbocycles. The summed E-state index contributed by atoms with van der Waals surface area (Å²) in [4.78, 5) is 154. The van der Waals surface area contributed by atoms with Gasteiger partial charge in [-0.2, -0.15) is 0 Å². The van der Waals surface area contributed by atoms with Crippen molar-refractivity contribution in [3.63, 3.8) is 0 Å². The summed E-state index contributed by atoms with van der Waals surface area (Å²) >= 11 is 5.10. The predicted octanol–water partition coefficient (Wildman–Crippen LogP) is -0.873. The highest BCUT2D eigenvalue weighted by molar-refractivity contribution is 7.78. The summed E-state index contributed by atoms with van der Waals surface area (Å²) in [6.45, 7) is 6.87. The number of aliphatic imine (C=N–C) groups is 1. The van der Waals surface area contributed by atoms with Crippen LogP contribution in [-0.4, -0.2) is 214 Å². The van der Waals surface area contributed by atoms with Crippen LogP contribution in [0.25, 0.3) is 0 Å². The van der Waals surface area contributed by atoms with Crippen molar-refractivity contribution in [2.75, 3.05) is 39.6 Å². The maximum Gasteiger partial charge on any atom is 0.303 e. The summed E-state index contributed by atoms with van der Waals surface area (Å²) in [5.74, 6) is -11.5. The third-order valence-electron chi connectivity index (χ3n) is 10.7. The zero-order valence-electron chi connectivity index (χ0n) is 45.0. The molecule has 32 heteroatoms. The second kappa shape index (κ2) is 31.1. The molecule has 3 fully saturated rings. The van der Waals surface area contributed by atoms with Gasteiger partial charge in [-0.1, -0.05) is 0 Å². The molecule has 0 amide bonds. The Kier molecular flexibility index (Phi) is 26.2. The molecule has 3 aliphatic rings. The Morgan fingerprint density at radius 2 is 0.544 bits per heavy atom. The molecule has 3 rings (SSSR count). The minimum absolute atomic E-state index is 0.695. The molecule has 3 heterocycles. The fourth-order valence-electron chi connectivity index (χ4n) is 8.00. The minimum atomic E-state index is -2.29. The van der Waals surface area contributed by atoms with Crippen molar-refractivity contribution < 1.29 is 143 Å². The summed E-state index contributed by atoms with van der Waals surface area (Å²) in [5.41, 5.74) is -2.29. The molecule has 0 aliphatic carbocycles. The van der Waals surface area contributed by atoms with Crippen molar-refractivity contribution in [2.45, 2.75) is 181 Å². The number of hydrogen-bond donors (Lipinski definition) is 0. The van der Waals surface area contributed by atoms with Crippen molar-refractivity contribution in [1.82, 2.24) is 0 Å². The van der Waals surface area contributed by atoms with E-state index >= 15 is 0 Å². The third kappa shape index (κ3) is 21.4. The molecule has 0 spiro atoms. The van der Waals surface area contributed by atoms with Gasteiger partial charge < -0.3 is 85.3 Å². The summed E-state index contributed by atoms with van der Waals surface area (Å²) in [6, 6.07) is 0. The van der Waals surface area contributed by atoms with E-state index < -0.39 is 209 Å². The minimum Gasteiger partial charge on any atom is -0.463 e. The molecule has 79 heavy (non-hydrogen) atoms. The fraction of sp³-hybridized carbons (Fsp3) is 0.723. The van der Waals surface area contributed by atoms with E-state index in [4.69, 9.17) is 97.5 Å². The summed E-state index contributed by atoms with van der Waals surface area (Å²) in [7, 11) is 0. The lowest BCUT2D eigenvalue weighted by Gasteiger charge is -2.46. The SMILES string of the molecule is CC(=O)OC[C@H]1O[C@@H](OCC(CO[C@@H]2O[C@H](COC(C)=O)[C@@H](OC(C)=O)[C@H](OC(C)=O)[C@@H]2OC(C)=O)(CO[C@@H]2O[C@H](COC(C)=O)[C@@H](OC(C)=O)[C@H](OC(C)=O)[C@@H]2OC(C)=O)N=C=S)[C@@H](OC(C)=O)[C@@H](OC(C)=O)[C@@H]1OC(C)=O. The monoisotopic (exact) mass is 1150 g/mol. The summed E-state index contributed by atoms with van der Waals surface area (Å²) < 4.78 is 102. The van der Waals surface area contributed by atoms with Crippen molar-refractivity contribution in [3.8, 4) is 0 Å². The average molecular weight is 1150 g/mol. The number of esters is 12. The van der Waals surface area contributed by atoms with E-state index in [1.165, 1.54) is 0 Å². The number of rotatable bonds is 25. The van der Waals surface area contributed by atoms with Gasteiger partial charge in [0.15, 0.2) is 73.8 Å². The first-order valence-electron chi connectivity index (χ1n) is 23.8. The van der Waals surface area contributed by atoms with E-state index in [0.29, 0.717) is 0 Å². The molecule has 0 aromatic heterocycles. The van der Waals surface area contributed by atoms with Crippen LogP contribution in [0.15, 0.2) is 4.99 Å². The first kappa shape index (κ1) is 66.5. The lowest BCUT2D eigenvalue weighted by Crippen LogP contribution is -2.64. The Labute approximate surface area is 456 Å². The molecule has 0 aromatic rings. The van der Waals surface area contributed by atoms with E-state index in [9.17, 15) is 57.5 Å². The normalized spacial score (nSPS) is 28.3. The number of carbonyl (C=O) groups excluding carboxylic acids is 12. The number of thiocarbonyl (C=S) groups is 1. The molecule has 0 saturated carbocycles. The average Bonchev–Trinajstić information content (AvgIpc) is 3.31. The third-order valence-corrected chi connectivity index (χ3v) is 10.8. The van der Waals surface area contributed by atoms with E-state index in [2.05, 4.69) is 10.2 Å². The molecule has 0 N–H and O–H groups in total. The zero-order chi connectivity index (χ0) is 59.5. The number of nitrogens with zero attached hydrogens (tertiary/aromatic N) is 1. The van der Waals surface area contributed by atoms with Gasteiger partial charge >= 0.3 is 71.6 Å². The highest BCUT2D eigenvalue weighted by Crippen LogP contribution is 2.35. The lowest BCUT2D eigenvalue weighted by atomic mass is 9.97. The smallest absolute Gasteiger partial charge is 0.303 e. The van der Waals surface area contributed by atoms with Crippen LogP contribution in [0.5, 0.6) is 0 Å². The van der Waals surface area contributed by atoms with Gasteiger partial charge in [-0.05, 0) is 12.2 Å². The van der Waals surface area contributed by atoms with Crippen LogP contribution >= 0.6 is 12.2 Å². The Morgan fingerprint density at radius 3 is 0.734 bits per heavy atom. The molecule has 15 atom stereocenters. The van der Waals surface area contributed by atoms with Crippen LogP contribution in [0.4, 0.5) is 0 Å². The van der Waals surface area contributed by atoms with Crippen molar-refractivity contribution in [1.29, 1.82) is 0 Å². The number of hydrogen-bond acceptors (Lipinski definition) is 32. The van der Waals surface area contributed by atoms with Gasteiger partial charge in [0.1, 0.15) is 43.7 Å². The van der Waals surface area contributed by atoms with Gasteiger partial charge in [0.2, 0.25) is 0 Å². The van der Waals surface area contributed by atoms with Gasteiger partial charge in [-0.25, -0.2) is 4.99 Å². The summed E-state index contributed by atoms with van der Waals surface area (Å²) in [5, 5.41) is 2.15. The second-order valence-corrected chi connectivity index (χ2v) is 17.7. The first-order chi connectivity index (χ1) is 36.9. The lowest BCUT2D eigenvalue weighted by molar-refractivity contribution is -0.326. The van der Waals surface area contributed by atoms with Crippen LogP contribution in [0.2, 0.25) is 0 Å². The highest BCUT2D eigenvalue weighted by atomic mass is 32.1. The van der Waals surface area contributed by atoms with Gasteiger partial charge in [0.05, 0.1) is 25.0 Å². The Balaban J connectivity index is 2.36. The number of carbonyl (C=O) groups is 12. The molecule has 31 nitrogen and oxygen atoms in total. The molecular weight excluding hydrogens is 1090 g/mol. The molecule has 442 valence electrons. The van der Waals surface area contributed by atoms with E-state index in [0.717, 1.165) is 83.1 Å². The largest absolute Gasteiger partial charge is 0.463 e. The van der Waals surface area contributed by atoms with Gasteiger partial charge in [-0.3, -0.25) is 57.5 Å². The summed E-state index contributed by atoms with van der Waals surface area (Å²) in [6.07, 6.45) is -26.3. The standard InChI is InChI=1S/C47H63NO30S/c1-20(49)61-13-32-35(67-23(4)52)38(70-26(7)55)41(73-29(10)58)44(76-32)64-16-47(48-19-79,17-65-45-42(74-30(11)59)39(71-27(8)56)36(68-24(5)53)33(77-45)14-62-21(2)50)18-66-46-43(75-31(12)60)40(72-28(9)57)37(69-25(6)54)34(78-46)15-63-22(3)51/h32-46H,13-18H2,1-12H3/t32-,33-,34-,35-,36-,37-,38+,39+,40+,41+,42+,43+,44-,45-,46-/m1/s1. The van der Waals surface area contributed by atoms with Crippen molar-refractivity contribution in [3.05, 3.63) is 0 Å². The Hall–Kier alpha value is -6.80. The maximum absolute atomic E-state index is 12.8. The van der Waals surface area contributed by atoms with Gasteiger partial charge in [0, 0.05) is 83.1 Å². The molecule has 3 saturated heterocycles. The van der Waals surface area contributed by atoms with E-state index in [1.54, 1.807) is 0 Å². The number of ether oxygens (including phenoxy) is 18. The maximum atomic E-state index is 12.8. The van der Waals surface area contributed by atoms with E-state index in [1.807, 2.05) is 0 Å². The second-order valence-electron chi connectivity index (χ2n) is 17.6. The molecule has 0 unspecified atom stereocenters. The van der Waals surface area contributed by atoms with Crippen LogP contribution < -0.4 is 0 Å². The van der Waals surface area contributed by atoms with Crippen LogP contribution in [0.1, 0.15) is 83.1 Å². The Bertz CT molecular complexity index is 2050. The van der Waals surface area contributed by atoms with Crippen LogP contribution in [0, 0.1) is 0 Å². The fourth-order valence-corrected chi connectivity index (χ4v) is 8.19. The van der Waals surface area contributed by atoms with Crippen LogP contribution in [0.3, 0.4) is 0 Å². The van der Waals surface area contributed by atoms with E-state index in [-0.39, 0.29) is 0 Å². The van der Waals surface area contributed by atoms with Gasteiger partial charge in [-0.15, -0.1) is 0 Å². The molecule has 0 bridgehead atoms. The first-order valence-corrected chi connectivity index (χ1v) is 24.2. The van der Waals surface area contributed by atoms with Crippen molar-refractivity contribution >= 4 is 89.0 Å². The topological polar surface area (TPSA) is 383 Å². The van der Waals surface area contributed by atoms with Crippen LogP contribution in [-0.2, 0) is 143 Å².